The van der Waals surface area contributed by atoms with E-state index in [9.17, 15) is 4.79 Å². The minimum atomic E-state index is -1.000. The van der Waals surface area contributed by atoms with Crippen LogP contribution in [0.3, 0.4) is 0 Å². The number of rotatable bonds is 4. The van der Waals surface area contributed by atoms with E-state index in [1.165, 1.54) is 4.80 Å². The summed E-state index contributed by atoms with van der Waals surface area (Å²) in [7, 11) is 0. The van der Waals surface area contributed by atoms with Crippen molar-refractivity contribution in [2.24, 2.45) is 5.92 Å². The van der Waals surface area contributed by atoms with Crippen LogP contribution in [0.5, 0.6) is 0 Å². The van der Waals surface area contributed by atoms with Crippen molar-refractivity contribution >= 4 is 5.97 Å². The van der Waals surface area contributed by atoms with Gasteiger partial charge >= 0.3 is 5.97 Å². The Labute approximate surface area is 82.7 Å². The third kappa shape index (κ3) is 2.31. The molecule has 1 aromatic heterocycles. The Kier molecular flexibility index (Phi) is 3.22. The van der Waals surface area contributed by atoms with Gasteiger partial charge in [0.15, 0.2) is 5.69 Å². The second-order valence-corrected chi connectivity index (χ2v) is 3.59. The Morgan fingerprint density at radius 1 is 1.50 bits per heavy atom. The zero-order valence-corrected chi connectivity index (χ0v) is 8.69. The Hall–Kier alpha value is -1.39. The van der Waals surface area contributed by atoms with Crippen molar-refractivity contribution in [3.63, 3.8) is 0 Å². The van der Waals surface area contributed by atoms with E-state index >= 15 is 0 Å². The van der Waals surface area contributed by atoms with Crippen LogP contribution in [0.1, 0.15) is 37.0 Å². The molecular formula is C9H15N3O2. The SMILES string of the molecule is CCn1nc(CC(C)C)c(C(=O)O)n1. The van der Waals surface area contributed by atoms with Crippen LogP contribution in [0, 0.1) is 5.92 Å². The van der Waals surface area contributed by atoms with Crippen LogP contribution in [0.15, 0.2) is 0 Å². The number of aromatic nitrogens is 3. The number of aromatic carboxylic acids is 1. The second kappa shape index (κ2) is 4.21. The predicted molar refractivity (Wildman–Crippen MR) is 51.2 cm³/mol. The molecule has 0 spiro atoms. The molecule has 0 bridgehead atoms. The average Bonchev–Trinajstić information content (AvgIpc) is 2.46. The molecule has 1 rings (SSSR count). The summed E-state index contributed by atoms with van der Waals surface area (Å²) in [6.45, 7) is 6.52. The molecule has 0 saturated heterocycles. The molecule has 1 aromatic rings. The number of carbonyl (C=O) groups is 1. The van der Waals surface area contributed by atoms with Gasteiger partial charge in [-0.25, -0.2) is 4.79 Å². The number of nitrogens with zero attached hydrogens (tertiary/aromatic N) is 3. The monoisotopic (exact) mass is 197 g/mol. The van der Waals surface area contributed by atoms with Gasteiger partial charge in [-0.15, -0.1) is 5.10 Å². The lowest BCUT2D eigenvalue weighted by Gasteiger charge is -1.99. The Morgan fingerprint density at radius 3 is 2.57 bits per heavy atom. The lowest BCUT2D eigenvalue weighted by molar-refractivity contribution is 0.0688. The summed E-state index contributed by atoms with van der Waals surface area (Å²) >= 11 is 0. The van der Waals surface area contributed by atoms with Crippen molar-refractivity contribution in [3.05, 3.63) is 11.4 Å². The fourth-order valence-corrected chi connectivity index (χ4v) is 1.21. The van der Waals surface area contributed by atoms with Crippen molar-refractivity contribution in [3.8, 4) is 0 Å². The average molecular weight is 197 g/mol. The van der Waals surface area contributed by atoms with E-state index in [1.54, 1.807) is 0 Å². The highest BCUT2D eigenvalue weighted by Crippen LogP contribution is 2.09. The maximum absolute atomic E-state index is 10.8. The molecular weight excluding hydrogens is 182 g/mol. The molecule has 1 N–H and O–H groups in total. The highest BCUT2D eigenvalue weighted by atomic mass is 16.4. The number of carboxylic acids is 1. The first kappa shape index (κ1) is 10.7. The van der Waals surface area contributed by atoms with Gasteiger partial charge in [0.05, 0.1) is 12.2 Å². The maximum Gasteiger partial charge on any atom is 0.358 e. The van der Waals surface area contributed by atoms with E-state index in [-0.39, 0.29) is 5.69 Å². The molecule has 0 aliphatic rings. The van der Waals surface area contributed by atoms with Gasteiger partial charge in [0.2, 0.25) is 0 Å². The van der Waals surface area contributed by atoms with Crippen molar-refractivity contribution < 1.29 is 9.90 Å². The summed E-state index contributed by atoms with van der Waals surface area (Å²) < 4.78 is 0. The van der Waals surface area contributed by atoms with E-state index in [0.717, 1.165) is 0 Å². The zero-order chi connectivity index (χ0) is 10.7. The molecule has 0 atom stereocenters. The third-order valence-corrected chi connectivity index (χ3v) is 1.81. The van der Waals surface area contributed by atoms with Gasteiger partial charge in [-0.3, -0.25) is 0 Å². The molecule has 0 fully saturated rings. The van der Waals surface area contributed by atoms with E-state index in [1.807, 2.05) is 20.8 Å². The minimum Gasteiger partial charge on any atom is -0.476 e. The highest BCUT2D eigenvalue weighted by Gasteiger charge is 2.17. The van der Waals surface area contributed by atoms with Crippen LogP contribution in [0.4, 0.5) is 0 Å². The van der Waals surface area contributed by atoms with Gasteiger partial charge in [-0.1, -0.05) is 13.8 Å². The number of aryl methyl sites for hydroxylation is 1. The van der Waals surface area contributed by atoms with Crippen molar-refractivity contribution in [1.29, 1.82) is 0 Å². The molecule has 0 amide bonds. The van der Waals surface area contributed by atoms with Crippen LogP contribution in [-0.4, -0.2) is 26.1 Å². The summed E-state index contributed by atoms with van der Waals surface area (Å²) in [6.07, 6.45) is 0.654. The molecule has 0 unspecified atom stereocenters. The summed E-state index contributed by atoms with van der Waals surface area (Å²) in [5, 5.41) is 16.9. The first-order valence-corrected chi connectivity index (χ1v) is 4.71. The van der Waals surface area contributed by atoms with E-state index in [2.05, 4.69) is 10.2 Å². The molecule has 0 aliphatic heterocycles. The van der Waals surface area contributed by atoms with Gasteiger partial charge in [0.25, 0.3) is 0 Å². The zero-order valence-electron chi connectivity index (χ0n) is 8.69. The van der Waals surface area contributed by atoms with Gasteiger partial charge < -0.3 is 5.11 Å². The van der Waals surface area contributed by atoms with Gasteiger partial charge in [0, 0.05) is 0 Å². The topological polar surface area (TPSA) is 68.0 Å². The van der Waals surface area contributed by atoms with Crippen molar-refractivity contribution in [2.75, 3.05) is 0 Å². The molecule has 78 valence electrons. The Balaban J connectivity index is 2.99. The normalized spacial score (nSPS) is 10.9. The predicted octanol–water partition coefficient (Wildman–Crippen LogP) is 1.19. The standard InChI is InChI=1S/C9H15N3O2/c1-4-12-10-7(5-6(2)3)8(11-12)9(13)14/h6H,4-5H2,1-3H3,(H,13,14). The number of hydrogen-bond acceptors (Lipinski definition) is 3. The molecule has 5 heteroatoms. The lowest BCUT2D eigenvalue weighted by Crippen LogP contribution is -2.04. The Bertz CT molecular complexity index is 331. The van der Waals surface area contributed by atoms with Crippen LogP contribution in [0.25, 0.3) is 0 Å². The van der Waals surface area contributed by atoms with Crippen LogP contribution >= 0.6 is 0 Å². The van der Waals surface area contributed by atoms with E-state index in [4.69, 9.17) is 5.11 Å². The Morgan fingerprint density at radius 2 is 2.14 bits per heavy atom. The largest absolute Gasteiger partial charge is 0.476 e. The fourth-order valence-electron chi connectivity index (χ4n) is 1.21. The van der Waals surface area contributed by atoms with Crippen molar-refractivity contribution in [1.82, 2.24) is 15.0 Å². The summed E-state index contributed by atoms with van der Waals surface area (Å²) in [5.41, 5.74) is 0.662. The number of carboxylic acid groups (broad SMARTS) is 1. The molecule has 1 heterocycles. The second-order valence-electron chi connectivity index (χ2n) is 3.59. The molecule has 5 nitrogen and oxygen atoms in total. The summed E-state index contributed by atoms with van der Waals surface area (Å²) in [4.78, 5) is 12.2. The maximum atomic E-state index is 10.8. The van der Waals surface area contributed by atoms with Gasteiger partial charge in [0.1, 0.15) is 0 Å². The molecule has 0 aliphatic carbocycles. The number of hydrogen-bond donors (Lipinski definition) is 1. The smallest absolute Gasteiger partial charge is 0.358 e. The van der Waals surface area contributed by atoms with Crippen LogP contribution in [-0.2, 0) is 13.0 Å². The summed E-state index contributed by atoms with van der Waals surface area (Å²) in [6, 6.07) is 0. The summed E-state index contributed by atoms with van der Waals surface area (Å²) in [5.74, 6) is -0.615. The first-order valence-electron chi connectivity index (χ1n) is 4.71. The third-order valence-electron chi connectivity index (χ3n) is 1.81. The molecule has 0 radical (unpaired) electrons. The molecule has 14 heavy (non-hydrogen) atoms. The molecule has 0 aromatic carbocycles. The molecule has 0 saturated carbocycles. The minimum absolute atomic E-state index is 0.0838. The van der Waals surface area contributed by atoms with Crippen LogP contribution < -0.4 is 0 Å². The van der Waals surface area contributed by atoms with Gasteiger partial charge in [-0.05, 0) is 19.3 Å². The van der Waals surface area contributed by atoms with Gasteiger partial charge in [-0.2, -0.15) is 9.90 Å². The highest BCUT2D eigenvalue weighted by molar-refractivity contribution is 5.86. The lowest BCUT2D eigenvalue weighted by atomic mass is 10.1. The van der Waals surface area contributed by atoms with Crippen LogP contribution in [0.2, 0.25) is 0 Å². The quantitative estimate of drug-likeness (QED) is 0.787. The van der Waals surface area contributed by atoms with Crippen molar-refractivity contribution in [2.45, 2.75) is 33.7 Å². The fraction of sp³-hybridized carbons (Fsp3) is 0.667. The van der Waals surface area contributed by atoms with E-state index < -0.39 is 5.97 Å². The first-order chi connectivity index (χ1) is 6.54. The van der Waals surface area contributed by atoms with E-state index in [0.29, 0.717) is 24.6 Å².